The monoisotopic (exact) mass is 287 g/mol. The zero-order chi connectivity index (χ0) is 14.7. The van der Waals surface area contributed by atoms with E-state index in [0.717, 1.165) is 42.7 Å². The third kappa shape index (κ3) is 2.97. The molecular weight excluding hydrogens is 270 g/mol. The van der Waals surface area contributed by atoms with E-state index in [0.29, 0.717) is 5.56 Å². The molecule has 1 aliphatic rings. The van der Waals surface area contributed by atoms with Crippen LogP contribution in [0.4, 0.5) is 0 Å². The summed E-state index contributed by atoms with van der Waals surface area (Å²) in [5.74, 6) is 0.373. The number of aromatic nitrogens is 1. The summed E-state index contributed by atoms with van der Waals surface area (Å²) in [6.45, 7) is 1.46. The molecule has 0 bridgehead atoms. The number of rotatable bonds is 3. The van der Waals surface area contributed by atoms with Crippen molar-refractivity contribution in [2.45, 2.75) is 18.9 Å². The minimum absolute atomic E-state index is 0.162. The van der Waals surface area contributed by atoms with Gasteiger partial charge in [0, 0.05) is 24.4 Å². The van der Waals surface area contributed by atoms with Crippen molar-refractivity contribution in [3.8, 4) is 5.75 Å². The molecule has 3 rings (SSSR count). The molecule has 110 valence electrons. The van der Waals surface area contributed by atoms with E-state index in [1.807, 2.05) is 18.2 Å². The van der Waals surface area contributed by atoms with Gasteiger partial charge in [0.1, 0.15) is 11.9 Å². The molecule has 0 radical (unpaired) electrons. The first-order chi connectivity index (χ1) is 10.3. The van der Waals surface area contributed by atoms with Crippen LogP contribution in [0.3, 0.4) is 0 Å². The van der Waals surface area contributed by atoms with Crippen molar-refractivity contribution >= 4 is 16.9 Å². The molecule has 5 heteroatoms. The van der Waals surface area contributed by atoms with Crippen LogP contribution in [-0.2, 0) is 9.47 Å². The Labute approximate surface area is 122 Å². The van der Waals surface area contributed by atoms with E-state index in [4.69, 9.17) is 14.2 Å². The number of benzene rings is 1. The maximum atomic E-state index is 11.8. The van der Waals surface area contributed by atoms with E-state index < -0.39 is 0 Å². The van der Waals surface area contributed by atoms with Crippen LogP contribution in [0.2, 0.25) is 0 Å². The Kier molecular flexibility index (Phi) is 4.01. The largest absolute Gasteiger partial charge is 0.490 e. The average molecular weight is 287 g/mol. The third-order valence-electron chi connectivity index (χ3n) is 3.59. The normalized spacial score (nSPS) is 15.9. The van der Waals surface area contributed by atoms with E-state index in [1.54, 1.807) is 12.3 Å². The Hall–Kier alpha value is -2.14. The van der Waals surface area contributed by atoms with Crippen molar-refractivity contribution in [3.63, 3.8) is 0 Å². The summed E-state index contributed by atoms with van der Waals surface area (Å²) >= 11 is 0. The predicted octanol–water partition coefficient (Wildman–Crippen LogP) is 2.58. The maximum Gasteiger partial charge on any atom is 0.338 e. The molecule has 0 amide bonds. The van der Waals surface area contributed by atoms with E-state index in [1.165, 1.54) is 7.11 Å². The number of esters is 1. The Balaban J connectivity index is 1.92. The lowest BCUT2D eigenvalue weighted by atomic mass is 10.1. The first kappa shape index (κ1) is 13.8. The first-order valence-corrected chi connectivity index (χ1v) is 6.99. The summed E-state index contributed by atoms with van der Waals surface area (Å²) in [5.41, 5.74) is 1.25. The molecule has 0 unspecified atom stereocenters. The zero-order valence-corrected chi connectivity index (χ0v) is 11.9. The van der Waals surface area contributed by atoms with Crippen molar-refractivity contribution in [2.75, 3.05) is 20.3 Å². The molecule has 2 aromatic rings. The van der Waals surface area contributed by atoms with Crippen molar-refractivity contribution in [3.05, 3.63) is 36.0 Å². The highest BCUT2D eigenvalue weighted by Crippen LogP contribution is 2.25. The lowest BCUT2D eigenvalue weighted by Crippen LogP contribution is -2.25. The minimum atomic E-state index is -0.370. The van der Waals surface area contributed by atoms with E-state index in [2.05, 4.69) is 4.98 Å². The van der Waals surface area contributed by atoms with Gasteiger partial charge in [0.25, 0.3) is 0 Å². The van der Waals surface area contributed by atoms with Gasteiger partial charge in [0.05, 0.1) is 31.4 Å². The fraction of sp³-hybridized carbons (Fsp3) is 0.375. The molecule has 5 nitrogen and oxygen atoms in total. The summed E-state index contributed by atoms with van der Waals surface area (Å²) < 4.78 is 16.1. The van der Waals surface area contributed by atoms with Gasteiger partial charge in [-0.1, -0.05) is 0 Å². The fourth-order valence-electron chi connectivity index (χ4n) is 2.47. The van der Waals surface area contributed by atoms with Crippen LogP contribution in [0, 0.1) is 0 Å². The summed E-state index contributed by atoms with van der Waals surface area (Å²) in [6, 6.07) is 7.25. The molecule has 0 aliphatic carbocycles. The number of pyridine rings is 1. The number of carbonyl (C=O) groups is 1. The van der Waals surface area contributed by atoms with Gasteiger partial charge in [0.15, 0.2) is 0 Å². The molecule has 1 aromatic carbocycles. The van der Waals surface area contributed by atoms with E-state index in [-0.39, 0.29) is 12.1 Å². The SMILES string of the molecule is COC(=O)c1ccnc2ccc(OC3CCOCC3)cc12. The number of methoxy groups -OCH3 is 1. The van der Waals surface area contributed by atoms with Crippen molar-refractivity contribution in [1.29, 1.82) is 0 Å². The van der Waals surface area contributed by atoms with Gasteiger partial charge in [0.2, 0.25) is 0 Å². The number of nitrogens with zero attached hydrogens (tertiary/aromatic N) is 1. The predicted molar refractivity (Wildman–Crippen MR) is 77.6 cm³/mol. The Bertz CT molecular complexity index is 650. The molecule has 2 heterocycles. The van der Waals surface area contributed by atoms with E-state index >= 15 is 0 Å². The second kappa shape index (κ2) is 6.10. The average Bonchev–Trinajstić information content (AvgIpc) is 2.54. The highest BCUT2D eigenvalue weighted by atomic mass is 16.5. The summed E-state index contributed by atoms with van der Waals surface area (Å²) in [4.78, 5) is 16.1. The van der Waals surface area contributed by atoms with Crippen molar-refractivity contribution in [2.24, 2.45) is 0 Å². The van der Waals surface area contributed by atoms with Crippen molar-refractivity contribution in [1.82, 2.24) is 4.98 Å². The smallest absolute Gasteiger partial charge is 0.338 e. The lowest BCUT2D eigenvalue weighted by Gasteiger charge is -2.23. The van der Waals surface area contributed by atoms with E-state index in [9.17, 15) is 4.79 Å². The van der Waals surface area contributed by atoms with Crippen LogP contribution in [0.5, 0.6) is 5.75 Å². The number of hydrogen-bond donors (Lipinski definition) is 0. The molecule has 1 aromatic heterocycles. The number of hydrogen-bond acceptors (Lipinski definition) is 5. The van der Waals surface area contributed by atoms with Crippen LogP contribution in [0.15, 0.2) is 30.5 Å². The molecule has 1 saturated heterocycles. The Morgan fingerprint density at radius 2 is 2.10 bits per heavy atom. The van der Waals surface area contributed by atoms with Gasteiger partial charge in [-0.25, -0.2) is 4.79 Å². The van der Waals surface area contributed by atoms with Crippen LogP contribution < -0.4 is 4.74 Å². The Morgan fingerprint density at radius 1 is 1.29 bits per heavy atom. The molecule has 1 fully saturated rings. The first-order valence-electron chi connectivity index (χ1n) is 6.99. The molecular formula is C16H17NO4. The van der Waals surface area contributed by atoms with Gasteiger partial charge in [-0.05, 0) is 24.3 Å². The van der Waals surface area contributed by atoms with Gasteiger partial charge in [-0.3, -0.25) is 4.98 Å². The molecule has 0 atom stereocenters. The van der Waals surface area contributed by atoms with Gasteiger partial charge in [-0.15, -0.1) is 0 Å². The minimum Gasteiger partial charge on any atom is -0.490 e. The number of carbonyl (C=O) groups excluding carboxylic acids is 1. The molecule has 0 N–H and O–H groups in total. The standard InChI is InChI=1S/C16H17NO4/c1-19-16(18)13-4-7-17-15-3-2-12(10-14(13)15)21-11-5-8-20-9-6-11/h2-4,7,10-11H,5-6,8-9H2,1H3. The van der Waals surface area contributed by atoms with Crippen LogP contribution in [-0.4, -0.2) is 37.4 Å². The maximum absolute atomic E-state index is 11.8. The molecule has 1 aliphatic heterocycles. The zero-order valence-electron chi connectivity index (χ0n) is 11.9. The molecule has 0 spiro atoms. The molecule has 21 heavy (non-hydrogen) atoms. The lowest BCUT2D eigenvalue weighted by molar-refractivity contribution is 0.0256. The topological polar surface area (TPSA) is 57.7 Å². The van der Waals surface area contributed by atoms with Crippen LogP contribution in [0.25, 0.3) is 10.9 Å². The summed E-state index contributed by atoms with van der Waals surface area (Å²) in [7, 11) is 1.37. The second-order valence-electron chi connectivity index (χ2n) is 4.96. The van der Waals surface area contributed by atoms with Gasteiger partial charge in [-0.2, -0.15) is 0 Å². The number of fused-ring (bicyclic) bond motifs is 1. The fourth-order valence-corrected chi connectivity index (χ4v) is 2.47. The number of ether oxygens (including phenoxy) is 3. The highest BCUT2D eigenvalue weighted by Gasteiger charge is 2.16. The van der Waals surface area contributed by atoms with Crippen LogP contribution in [0.1, 0.15) is 23.2 Å². The van der Waals surface area contributed by atoms with Gasteiger partial charge >= 0.3 is 5.97 Å². The second-order valence-corrected chi connectivity index (χ2v) is 4.96. The van der Waals surface area contributed by atoms with Gasteiger partial charge < -0.3 is 14.2 Å². The molecule has 0 saturated carbocycles. The third-order valence-corrected chi connectivity index (χ3v) is 3.59. The quantitative estimate of drug-likeness (QED) is 0.812. The summed E-state index contributed by atoms with van der Waals surface area (Å²) in [5, 5.41) is 0.744. The Morgan fingerprint density at radius 3 is 2.86 bits per heavy atom. The highest BCUT2D eigenvalue weighted by molar-refractivity contribution is 6.03. The van der Waals surface area contributed by atoms with Crippen molar-refractivity contribution < 1.29 is 19.0 Å². The summed E-state index contributed by atoms with van der Waals surface area (Å²) in [6.07, 6.45) is 3.53. The van der Waals surface area contributed by atoms with Crippen LogP contribution >= 0.6 is 0 Å².